The Morgan fingerprint density at radius 2 is 1.48 bits per heavy atom. The number of benzene rings is 1. The highest BCUT2D eigenvalue weighted by atomic mass is 14.8. The maximum absolute atomic E-state index is 4.78. The van der Waals surface area contributed by atoms with Crippen molar-refractivity contribution < 1.29 is 0 Å². The Labute approximate surface area is 122 Å². The van der Waals surface area contributed by atoms with Crippen molar-refractivity contribution in [3.8, 4) is 11.4 Å². The fraction of sp³-hybridized carbons (Fsp3) is 0.0556. The molecule has 0 N–H and O–H groups in total. The highest BCUT2D eigenvalue weighted by Crippen LogP contribution is 2.25. The van der Waals surface area contributed by atoms with E-state index in [2.05, 4.69) is 40.3 Å². The molecule has 3 aromatic heterocycles. The number of aryl methyl sites for hydroxylation is 1. The van der Waals surface area contributed by atoms with E-state index in [0.717, 1.165) is 38.8 Å². The predicted molar refractivity (Wildman–Crippen MR) is 85.0 cm³/mol. The first-order valence-corrected chi connectivity index (χ1v) is 6.89. The standard InChI is InChI=1S/C18H13N3/c1-12-4-8-15(20-11-12)16-9-7-14-6-5-13-3-2-10-19-17(13)18(14)21-16/h2-11H,1H3. The van der Waals surface area contributed by atoms with Crippen molar-refractivity contribution in [1.29, 1.82) is 0 Å². The average Bonchev–Trinajstić information content (AvgIpc) is 2.55. The summed E-state index contributed by atoms with van der Waals surface area (Å²) in [5.74, 6) is 0. The summed E-state index contributed by atoms with van der Waals surface area (Å²) < 4.78 is 0. The highest BCUT2D eigenvalue weighted by Gasteiger charge is 2.06. The quantitative estimate of drug-likeness (QED) is 0.488. The molecule has 4 rings (SSSR count). The molecule has 0 aliphatic heterocycles. The van der Waals surface area contributed by atoms with Crippen LogP contribution in [-0.2, 0) is 0 Å². The lowest BCUT2D eigenvalue weighted by atomic mass is 10.1. The first-order valence-electron chi connectivity index (χ1n) is 6.89. The fourth-order valence-electron chi connectivity index (χ4n) is 2.49. The van der Waals surface area contributed by atoms with Crippen LogP contribution >= 0.6 is 0 Å². The van der Waals surface area contributed by atoms with Gasteiger partial charge in [-0.2, -0.15) is 0 Å². The molecule has 0 fully saturated rings. The topological polar surface area (TPSA) is 38.7 Å². The van der Waals surface area contributed by atoms with Gasteiger partial charge in [0.2, 0.25) is 0 Å². The maximum Gasteiger partial charge on any atom is 0.0972 e. The van der Waals surface area contributed by atoms with Gasteiger partial charge in [-0.3, -0.25) is 9.97 Å². The molecule has 0 saturated carbocycles. The molecule has 0 aliphatic carbocycles. The first kappa shape index (κ1) is 12.0. The second-order valence-electron chi connectivity index (χ2n) is 5.13. The van der Waals surface area contributed by atoms with Crippen molar-refractivity contribution in [2.75, 3.05) is 0 Å². The smallest absolute Gasteiger partial charge is 0.0972 e. The molecule has 3 heterocycles. The molecule has 0 atom stereocenters. The van der Waals surface area contributed by atoms with Crippen LogP contribution in [0.15, 0.2) is 60.9 Å². The summed E-state index contributed by atoms with van der Waals surface area (Å²) in [5.41, 5.74) is 4.76. The summed E-state index contributed by atoms with van der Waals surface area (Å²) in [6.07, 6.45) is 3.67. The van der Waals surface area contributed by atoms with E-state index in [-0.39, 0.29) is 0 Å². The van der Waals surface area contributed by atoms with Gasteiger partial charge in [-0.15, -0.1) is 0 Å². The van der Waals surface area contributed by atoms with Gasteiger partial charge in [-0.05, 0) is 30.7 Å². The normalized spacial score (nSPS) is 11.1. The average molecular weight is 271 g/mol. The zero-order valence-corrected chi connectivity index (χ0v) is 11.6. The minimum atomic E-state index is 0.876. The molecule has 0 aliphatic rings. The molecular weight excluding hydrogens is 258 g/mol. The van der Waals surface area contributed by atoms with E-state index in [4.69, 9.17) is 4.98 Å². The highest BCUT2D eigenvalue weighted by molar-refractivity contribution is 6.03. The van der Waals surface area contributed by atoms with Gasteiger partial charge in [0.05, 0.1) is 22.4 Å². The predicted octanol–water partition coefficient (Wildman–Crippen LogP) is 4.15. The van der Waals surface area contributed by atoms with Crippen LogP contribution in [0.4, 0.5) is 0 Å². The lowest BCUT2D eigenvalue weighted by Gasteiger charge is -2.05. The SMILES string of the molecule is Cc1ccc(-c2ccc3ccc4cccnc4c3n2)nc1. The van der Waals surface area contributed by atoms with Crippen LogP contribution in [0.5, 0.6) is 0 Å². The number of aromatic nitrogens is 3. The van der Waals surface area contributed by atoms with Crippen LogP contribution in [0, 0.1) is 6.92 Å². The Bertz CT molecular complexity index is 943. The third kappa shape index (κ3) is 2.03. The second kappa shape index (κ2) is 4.63. The lowest BCUT2D eigenvalue weighted by Crippen LogP contribution is -1.90. The van der Waals surface area contributed by atoms with Crippen LogP contribution in [0.25, 0.3) is 33.2 Å². The van der Waals surface area contributed by atoms with Gasteiger partial charge in [-0.25, -0.2) is 4.98 Å². The molecule has 0 amide bonds. The minimum Gasteiger partial charge on any atom is -0.254 e. The van der Waals surface area contributed by atoms with Gasteiger partial charge in [0, 0.05) is 23.2 Å². The van der Waals surface area contributed by atoms with Crippen LogP contribution < -0.4 is 0 Å². The fourth-order valence-corrected chi connectivity index (χ4v) is 2.49. The van der Waals surface area contributed by atoms with Crippen molar-refractivity contribution >= 4 is 21.8 Å². The summed E-state index contributed by atoms with van der Waals surface area (Å²) in [4.78, 5) is 13.7. The summed E-state index contributed by atoms with van der Waals surface area (Å²) in [6, 6.07) is 16.3. The van der Waals surface area contributed by atoms with E-state index in [9.17, 15) is 0 Å². The molecule has 4 aromatic rings. The van der Waals surface area contributed by atoms with Gasteiger partial charge in [0.25, 0.3) is 0 Å². The van der Waals surface area contributed by atoms with Gasteiger partial charge in [-0.1, -0.05) is 30.3 Å². The Hall–Kier alpha value is -2.81. The summed E-state index contributed by atoms with van der Waals surface area (Å²) in [7, 11) is 0. The van der Waals surface area contributed by atoms with Gasteiger partial charge in [0.15, 0.2) is 0 Å². The number of hydrogen-bond donors (Lipinski definition) is 0. The van der Waals surface area contributed by atoms with Crippen molar-refractivity contribution in [2.24, 2.45) is 0 Å². The Kier molecular flexibility index (Phi) is 2.64. The first-order chi connectivity index (χ1) is 10.3. The van der Waals surface area contributed by atoms with Crippen LogP contribution in [0.1, 0.15) is 5.56 Å². The Morgan fingerprint density at radius 3 is 2.29 bits per heavy atom. The van der Waals surface area contributed by atoms with E-state index in [1.165, 1.54) is 0 Å². The molecule has 21 heavy (non-hydrogen) atoms. The summed E-state index contributed by atoms with van der Waals surface area (Å²) >= 11 is 0. The van der Waals surface area contributed by atoms with Crippen molar-refractivity contribution in [3.63, 3.8) is 0 Å². The number of pyridine rings is 3. The number of hydrogen-bond acceptors (Lipinski definition) is 3. The zero-order valence-electron chi connectivity index (χ0n) is 11.6. The summed E-state index contributed by atoms with van der Waals surface area (Å²) in [5, 5.41) is 2.20. The van der Waals surface area contributed by atoms with E-state index in [1.807, 2.05) is 31.3 Å². The van der Waals surface area contributed by atoms with E-state index in [1.54, 1.807) is 6.20 Å². The molecule has 0 radical (unpaired) electrons. The molecule has 100 valence electrons. The van der Waals surface area contributed by atoms with Crippen LogP contribution in [-0.4, -0.2) is 15.0 Å². The number of nitrogens with zero attached hydrogens (tertiary/aromatic N) is 3. The molecule has 3 nitrogen and oxygen atoms in total. The lowest BCUT2D eigenvalue weighted by molar-refractivity contribution is 1.24. The largest absolute Gasteiger partial charge is 0.254 e. The Morgan fingerprint density at radius 1 is 0.714 bits per heavy atom. The molecule has 0 saturated heterocycles. The summed E-state index contributed by atoms with van der Waals surface area (Å²) in [6.45, 7) is 2.03. The molecule has 3 heteroatoms. The second-order valence-corrected chi connectivity index (χ2v) is 5.13. The zero-order chi connectivity index (χ0) is 14.2. The van der Waals surface area contributed by atoms with Crippen LogP contribution in [0.3, 0.4) is 0 Å². The number of rotatable bonds is 1. The van der Waals surface area contributed by atoms with Gasteiger partial charge in [0.1, 0.15) is 0 Å². The third-order valence-electron chi connectivity index (χ3n) is 3.61. The van der Waals surface area contributed by atoms with Crippen molar-refractivity contribution in [3.05, 3.63) is 66.5 Å². The van der Waals surface area contributed by atoms with Gasteiger partial charge >= 0.3 is 0 Å². The molecule has 0 bridgehead atoms. The molecule has 1 aromatic carbocycles. The van der Waals surface area contributed by atoms with E-state index < -0.39 is 0 Å². The molecule has 0 spiro atoms. The third-order valence-corrected chi connectivity index (χ3v) is 3.61. The Balaban J connectivity index is 2.00. The number of fused-ring (bicyclic) bond motifs is 3. The van der Waals surface area contributed by atoms with Gasteiger partial charge < -0.3 is 0 Å². The van der Waals surface area contributed by atoms with Crippen LogP contribution in [0.2, 0.25) is 0 Å². The minimum absolute atomic E-state index is 0.876. The molecule has 0 unspecified atom stereocenters. The monoisotopic (exact) mass is 271 g/mol. The van der Waals surface area contributed by atoms with Crippen molar-refractivity contribution in [1.82, 2.24) is 15.0 Å². The van der Waals surface area contributed by atoms with E-state index in [0.29, 0.717) is 0 Å². The molecular formula is C18H13N3. The van der Waals surface area contributed by atoms with E-state index >= 15 is 0 Å². The maximum atomic E-state index is 4.78. The van der Waals surface area contributed by atoms with Crippen molar-refractivity contribution in [2.45, 2.75) is 6.92 Å².